The average Bonchev–Trinajstić information content (AvgIpc) is 3.29. The Morgan fingerprint density at radius 3 is 2.59 bits per heavy atom. The zero-order chi connectivity index (χ0) is 20.1. The molecule has 0 bridgehead atoms. The minimum atomic E-state index is -0.161. The maximum absolute atomic E-state index is 13.4. The normalized spacial score (nSPS) is 25.7. The van der Waals surface area contributed by atoms with E-state index in [1.807, 2.05) is 12.1 Å². The number of benzene rings is 1. The van der Waals surface area contributed by atoms with Crippen molar-refractivity contribution >= 4 is 11.7 Å². The van der Waals surface area contributed by atoms with Crippen LogP contribution in [0.15, 0.2) is 35.9 Å². The fourth-order valence-corrected chi connectivity index (χ4v) is 4.89. The van der Waals surface area contributed by atoms with Gasteiger partial charge in [-0.15, -0.1) is 0 Å². The molecule has 0 atom stereocenters. The van der Waals surface area contributed by atoms with Crippen LogP contribution in [0.25, 0.3) is 0 Å². The van der Waals surface area contributed by atoms with Gasteiger partial charge in [0.2, 0.25) is 0 Å². The molecule has 1 heterocycles. The number of piperazine rings is 1. The fraction of sp³-hybridized carbons (Fsp3) is 0.625. The monoisotopic (exact) mass is 400 g/mol. The van der Waals surface area contributed by atoms with Gasteiger partial charge in [-0.05, 0) is 82.0 Å². The summed E-state index contributed by atoms with van der Waals surface area (Å²) in [6, 6.07) is 6.91. The molecule has 4 rings (SSSR count). The Morgan fingerprint density at radius 1 is 1.10 bits per heavy atom. The summed E-state index contributed by atoms with van der Waals surface area (Å²) in [7, 11) is 0. The first-order valence-corrected chi connectivity index (χ1v) is 11.3. The molecule has 29 heavy (non-hydrogen) atoms. The molecule has 0 spiro atoms. The van der Waals surface area contributed by atoms with Gasteiger partial charge in [-0.3, -0.25) is 4.90 Å². The van der Waals surface area contributed by atoms with Crippen LogP contribution in [0.4, 0.5) is 10.1 Å². The third-order valence-electron chi connectivity index (χ3n) is 6.77. The minimum Gasteiger partial charge on any atom is -0.459 e. The van der Waals surface area contributed by atoms with E-state index in [1.165, 1.54) is 25.3 Å². The Kier molecular flexibility index (Phi) is 6.86. The molecule has 0 radical (unpaired) electrons. The SMILES string of the molecule is O=C(OC1CCC(CCN2CCN(c3cccc(F)c3)CC2)CC1)C1=CCCC1. The summed E-state index contributed by atoms with van der Waals surface area (Å²) >= 11 is 0. The van der Waals surface area contributed by atoms with Crippen molar-refractivity contribution in [3.05, 3.63) is 41.7 Å². The molecule has 0 aromatic heterocycles. The van der Waals surface area contributed by atoms with Gasteiger partial charge in [0.15, 0.2) is 0 Å². The number of nitrogens with zero attached hydrogens (tertiary/aromatic N) is 2. The lowest BCUT2D eigenvalue weighted by Gasteiger charge is -2.37. The summed E-state index contributed by atoms with van der Waals surface area (Å²) in [6.45, 7) is 5.14. The van der Waals surface area contributed by atoms with E-state index in [1.54, 1.807) is 12.1 Å². The Morgan fingerprint density at radius 2 is 1.90 bits per heavy atom. The van der Waals surface area contributed by atoms with Gasteiger partial charge in [-0.2, -0.15) is 0 Å². The molecule has 1 saturated carbocycles. The van der Waals surface area contributed by atoms with Gasteiger partial charge in [0.1, 0.15) is 11.9 Å². The summed E-state index contributed by atoms with van der Waals surface area (Å²) in [5.74, 6) is 0.519. The quantitative estimate of drug-likeness (QED) is 0.656. The predicted octanol–water partition coefficient (Wildman–Crippen LogP) is 4.55. The van der Waals surface area contributed by atoms with Crippen LogP contribution in [0.5, 0.6) is 0 Å². The number of hydrogen-bond acceptors (Lipinski definition) is 4. The summed E-state index contributed by atoms with van der Waals surface area (Å²) in [5.41, 5.74) is 1.88. The molecule has 5 heteroatoms. The Labute approximate surface area is 173 Å². The number of rotatable bonds is 6. The molecule has 4 nitrogen and oxygen atoms in total. The maximum atomic E-state index is 13.4. The van der Waals surface area contributed by atoms with E-state index in [9.17, 15) is 9.18 Å². The highest BCUT2D eigenvalue weighted by atomic mass is 19.1. The van der Waals surface area contributed by atoms with Crippen molar-refractivity contribution in [3.8, 4) is 0 Å². The fourth-order valence-electron chi connectivity index (χ4n) is 4.89. The highest BCUT2D eigenvalue weighted by Crippen LogP contribution is 2.30. The smallest absolute Gasteiger partial charge is 0.333 e. The summed E-state index contributed by atoms with van der Waals surface area (Å²) in [6.07, 6.45) is 10.7. The zero-order valence-electron chi connectivity index (χ0n) is 17.3. The first kappa shape index (κ1) is 20.4. The predicted molar refractivity (Wildman–Crippen MR) is 113 cm³/mol. The molecule has 3 aliphatic rings. The van der Waals surface area contributed by atoms with Crippen molar-refractivity contribution in [2.24, 2.45) is 5.92 Å². The molecule has 1 aromatic rings. The van der Waals surface area contributed by atoms with Crippen LogP contribution in [0.2, 0.25) is 0 Å². The van der Waals surface area contributed by atoms with Gasteiger partial charge in [0.25, 0.3) is 0 Å². The van der Waals surface area contributed by atoms with Crippen LogP contribution in [-0.2, 0) is 9.53 Å². The number of allylic oxidation sites excluding steroid dienone is 1. The second-order valence-corrected chi connectivity index (χ2v) is 8.77. The maximum Gasteiger partial charge on any atom is 0.333 e. The van der Waals surface area contributed by atoms with Gasteiger partial charge in [-0.1, -0.05) is 12.1 Å². The molecule has 158 valence electrons. The second kappa shape index (κ2) is 9.75. The Hall–Kier alpha value is -1.88. The zero-order valence-corrected chi connectivity index (χ0v) is 17.3. The van der Waals surface area contributed by atoms with Crippen LogP contribution < -0.4 is 4.90 Å². The number of ether oxygens (including phenoxy) is 1. The van der Waals surface area contributed by atoms with Crippen molar-refractivity contribution in [3.63, 3.8) is 0 Å². The van der Waals surface area contributed by atoms with E-state index in [4.69, 9.17) is 4.74 Å². The first-order chi connectivity index (χ1) is 14.2. The Balaban J connectivity index is 1.13. The number of hydrogen-bond donors (Lipinski definition) is 0. The van der Waals surface area contributed by atoms with E-state index < -0.39 is 0 Å². The average molecular weight is 401 g/mol. The standard InChI is InChI=1S/C24H33FN2O2/c25-21-6-3-7-22(18-21)27-16-14-26(15-17-27)13-12-19-8-10-23(11-9-19)29-24(28)20-4-1-2-5-20/h3-4,6-7,18-19,23H,1-2,5,8-17H2. The van der Waals surface area contributed by atoms with Gasteiger partial charge < -0.3 is 9.64 Å². The number of carbonyl (C=O) groups excluding carboxylic acids is 1. The van der Waals surface area contributed by atoms with Crippen LogP contribution in [0, 0.1) is 11.7 Å². The summed E-state index contributed by atoms with van der Waals surface area (Å²) in [4.78, 5) is 17.0. The van der Waals surface area contributed by atoms with Crippen LogP contribution in [0.1, 0.15) is 51.4 Å². The minimum absolute atomic E-state index is 0.0675. The Bertz CT molecular complexity index is 719. The van der Waals surface area contributed by atoms with Crippen molar-refractivity contribution in [2.45, 2.75) is 57.5 Å². The molecular weight excluding hydrogens is 367 g/mol. The van der Waals surface area contributed by atoms with Gasteiger partial charge in [0, 0.05) is 37.4 Å². The van der Waals surface area contributed by atoms with Crippen molar-refractivity contribution < 1.29 is 13.9 Å². The highest BCUT2D eigenvalue weighted by Gasteiger charge is 2.26. The summed E-state index contributed by atoms with van der Waals surface area (Å²) < 4.78 is 19.2. The lowest BCUT2D eigenvalue weighted by molar-refractivity contribution is -0.146. The third kappa shape index (κ3) is 5.59. The van der Waals surface area contributed by atoms with Crippen molar-refractivity contribution in [1.82, 2.24) is 4.90 Å². The molecular formula is C24H33FN2O2. The topological polar surface area (TPSA) is 32.8 Å². The van der Waals surface area contributed by atoms with Crippen LogP contribution in [0.3, 0.4) is 0 Å². The van der Waals surface area contributed by atoms with E-state index in [-0.39, 0.29) is 17.9 Å². The van der Waals surface area contributed by atoms with E-state index in [0.717, 1.165) is 82.0 Å². The number of carbonyl (C=O) groups is 1. The van der Waals surface area contributed by atoms with Gasteiger partial charge in [-0.25, -0.2) is 9.18 Å². The number of anilines is 1. The largest absolute Gasteiger partial charge is 0.459 e. The summed E-state index contributed by atoms with van der Waals surface area (Å²) in [5, 5.41) is 0. The molecule has 1 aromatic carbocycles. The molecule has 2 aliphatic carbocycles. The van der Waals surface area contributed by atoms with E-state index in [2.05, 4.69) is 9.80 Å². The lowest BCUT2D eigenvalue weighted by Crippen LogP contribution is -2.47. The van der Waals surface area contributed by atoms with Gasteiger partial charge in [0.05, 0.1) is 0 Å². The molecule has 0 unspecified atom stereocenters. The number of halogens is 1. The third-order valence-corrected chi connectivity index (χ3v) is 6.77. The first-order valence-electron chi connectivity index (χ1n) is 11.3. The van der Waals surface area contributed by atoms with Crippen LogP contribution >= 0.6 is 0 Å². The van der Waals surface area contributed by atoms with Gasteiger partial charge >= 0.3 is 5.97 Å². The second-order valence-electron chi connectivity index (χ2n) is 8.77. The molecule has 0 amide bonds. The molecule has 1 aliphatic heterocycles. The highest BCUT2D eigenvalue weighted by molar-refractivity contribution is 5.89. The number of esters is 1. The van der Waals surface area contributed by atoms with E-state index >= 15 is 0 Å². The molecule has 1 saturated heterocycles. The van der Waals surface area contributed by atoms with E-state index in [0.29, 0.717) is 0 Å². The van der Waals surface area contributed by atoms with Crippen molar-refractivity contribution in [1.29, 1.82) is 0 Å². The molecule has 0 N–H and O–H groups in total. The van der Waals surface area contributed by atoms with Crippen LogP contribution in [-0.4, -0.2) is 49.7 Å². The molecule has 2 fully saturated rings. The lowest BCUT2D eigenvalue weighted by atomic mass is 9.85. The van der Waals surface area contributed by atoms with Crippen molar-refractivity contribution in [2.75, 3.05) is 37.6 Å².